The number of carbonyl (C=O) groups excluding carboxylic acids is 3. The van der Waals surface area contributed by atoms with Crippen molar-refractivity contribution in [3.63, 3.8) is 0 Å². The molecule has 0 N–H and O–H groups in total. The first-order valence-corrected chi connectivity index (χ1v) is 9.42. The third-order valence-electron chi connectivity index (χ3n) is 7.16. The van der Waals surface area contributed by atoms with Crippen LogP contribution in [-0.2, 0) is 23.9 Å². The van der Waals surface area contributed by atoms with Crippen LogP contribution in [0.2, 0.25) is 0 Å². The number of cyclic esters (lactones) is 1. The Kier molecular flexibility index (Phi) is 4.84. The molecule has 0 aromatic rings. The molecule has 0 saturated heterocycles. The Morgan fingerprint density at radius 2 is 2.08 bits per heavy atom. The van der Waals surface area contributed by atoms with Crippen LogP contribution in [0, 0.1) is 22.7 Å². The fourth-order valence-corrected chi connectivity index (χ4v) is 5.30. The normalized spacial score (nSPS) is 36.8. The molecule has 0 radical (unpaired) electrons. The third-order valence-corrected chi connectivity index (χ3v) is 7.16. The van der Waals surface area contributed by atoms with E-state index in [9.17, 15) is 14.4 Å². The van der Waals surface area contributed by atoms with Crippen molar-refractivity contribution in [2.45, 2.75) is 52.9 Å². The zero-order chi connectivity index (χ0) is 19.1. The Labute approximate surface area is 154 Å². The highest BCUT2D eigenvalue weighted by atomic mass is 16.5. The highest BCUT2D eigenvalue weighted by Crippen LogP contribution is 2.60. The molecule has 3 rings (SSSR count). The molecule has 1 heterocycles. The van der Waals surface area contributed by atoms with Gasteiger partial charge in [0.15, 0.2) is 0 Å². The first-order chi connectivity index (χ1) is 12.2. The van der Waals surface area contributed by atoms with E-state index in [0.29, 0.717) is 18.6 Å². The summed E-state index contributed by atoms with van der Waals surface area (Å²) < 4.78 is 9.99. The highest BCUT2D eigenvalue weighted by Gasteiger charge is 2.59. The monoisotopic (exact) mass is 360 g/mol. The van der Waals surface area contributed by atoms with E-state index in [-0.39, 0.29) is 35.0 Å². The molecule has 0 bridgehead atoms. The van der Waals surface area contributed by atoms with Gasteiger partial charge in [-0.05, 0) is 55.4 Å². The van der Waals surface area contributed by atoms with Gasteiger partial charge < -0.3 is 9.47 Å². The molecule has 1 saturated carbocycles. The summed E-state index contributed by atoms with van der Waals surface area (Å²) in [6.07, 6.45) is 7.27. The summed E-state index contributed by atoms with van der Waals surface area (Å²) >= 11 is 0. The Morgan fingerprint density at radius 3 is 2.69 bits per heavy atom. The standard InChI is InChI=1S/C21H28O5/c1-13-10-17(22)21(3)15(19(24)25-4)6-5-7-16(21)20(13,2)9-8-14-11-18(23)26-12-14/h6,11,13,16H,5,7-10,12H2,1-4H3/t13-,16-,20+,21+/m1/s1. The molecule has 4 atom stereocenters. The fourth-order valence-electron chi connectivity index (χ4n) is 5.30. The minimum atomic E-state index is -0.789. The van der Waals surface area contributed by atoms with Crippen LogP contribution < -0.4 is 0 Å². The summed E-state index contributed by atoms with van der Waals surface area (Å²) in [5, 5.41) is 0. The maximum absolute atomic E-state index is 13.1. The summed E-state index contributed by atoms with van der Waals surface area (Å²) in [6.45, 7) is 6.68. The lowest BCUT2D eigenvalue weighted by Gasteiger charge is -2.56. The van der Waals surface area contributed by atoms with Crippen LogP contribution in [-0.4, -0.2) is 31.4 Å². The van der Waals surface area contributed by atoms with E-state index in [0.717, 1.165) is 31.3 Å². The first kappa shape index (κ1) is 18.9. The van der Waals surface area contributed by atoms with Crippen molar-refractivity contribution in [3.05, 3.63) is 23.3 Å². The predicted molar refractivity (Wildman–Crippen MR) is 96.1 cm³/mol. The Hall–Kier alpha value is -1.91. The Bertz CT molecular complexity index is 703. The molecule has 142 valence electrons. The average molecular weight is 360 g/mol. The number of hydrogen-bond donors (Lipinski definition) is 0. The SMILES string of the molecule is COC(=O)C1=CCC[C@H]2[C@@]1(C)C(=O)C[C@@H](C)[C@]2(C)CCC1=CC(=O)OC1. The molecule has 26 heavy (non-hydrogen) atoms. The third kappa shape index (κ3) is 2.81. The van der Waals surface area contributed by atoms with Gasteiger partial charge in [-0.25, -0.2) is 9.59 Å². The molecule has 1 aliphatic heterocycles. The van der Waals surface area contributed by atoms with Crippen LogP contribution >= 0.6 is 0 Å². The summed E-state index contributed by atoms with van der Waals surface area (Å²) in [6, 6.07) is 0. The van der Waals surface area contributed by atoms with Gasteiger partial charge in [-0.2, -0.15) is 0 Å². The summed E-state index contributed by atoms with van der Waals surface area (Å²) in [7, 11) is 1.37. The minimum Gasteiger partial charge on any atom is -0.466 e. The van der Waals surface area contributed by atoms with Crippen molar-refractivity contribution in [1.82, 2.24) is 0 Å². The lowest BCUT2D eigenvalue weighted by atomic mass is 9.46. The molecular weight excluding hydrogens is 332 g/mol. The number of rotatable bonds is 4. The number of ketones is 1. The topological polar surface area (TPSA) is 69.7 Å². The van der Waals surface area contributed by atoms with Gasteiger partial charge in [0, 0.05) is 18.1 Å². The van der Waals surface area contributed by atoms with Crippen molar-refractivity contribution in [2.24, 2.45) is 22.7 Å². The van der Waals surface area contributed by atoms with E-state index < -0.39 is 5.41 Å². The second-order valence-corrected chi connectivity index (χ2v) is 8.39. The fraction of sp³-hybridized carbons (Fsp3) is 0.667. The largest absolute Gasteiger partial charge is 0.466 e. The van der Waals surface area contributed by atoms with Crippen molar-refractivity contribution >= 4 is 17.7 Å². The van der Waals surface area contributed by atoms with Gasteiger partial charge in [-0.15, -0.1) is 0 Å². The number of carbonyl (C=O) groups is 3. The maximum Gasteiger partial charge on any atom is 0.334 e. The maximum atomic E-state index is 13.1. The molecule has 0 amide bonds. The van der Waals surface area contributed by atoms with Gasteiger partial charge in [-0.3, -0.25) is 4.79 Å². The Morgan fingerprint density at radius 1 is 1.35 bits per heavy atom. The summed E-state index contributed by atoms with van der Waals surface area (Å²) in [5.41, 5.74) is 0.658. The lowest BCUT2D eigenvalue weighted by Crippen LogP contribution is -2.56. The molecular formula is C21H28O5. The van der Waals surface area contributed by atoms with E-state index in [2.05, 4.69) is 13.8 Å². The number of Topliss-reactive ketones (excluding diaryl/α,β-unsaturated/α-hetero) is 1. The van der Waals surface area contributed by atoms with Gasteiger partial charge in [0.1, 0.15) is 12.4 Å². The summed E-state index contributed by atoms with van der Waals surface area (Å²) in [5.74, 6) is -0.203. The highest BCUT2D eigenvalue weighted by molar-refractivity contribution is 6.01. The average Bonchev–Trinajstić information content (AvgIpc) is 3.03. The molecule has 0 spiro atoms. The van der Waals surface area contributed by atoms with Crippen LogP contribution in [0.25, 0.3) is 0 Å². The van der Waals surface area contributed by atoms with E-state index in [1.165, 1.54) is 7.11 Å². The van der Waals surface area contributed by atoms with Gasteiger partial charge in [0.25, 0.3) is 0 Å². The summed E-state index contributed by atoms with van der Waals surface area (Å²) in [4.78, 5) is 36.7. The molecule has 0 unspecified atom stereocenters. The van der Waals surface area contributed by atoms with E-state index >= 15 is 0 Å². The number of fused-ring (bicyclic) bond motifs is 1. The van der Waals surface area contributed by atoms with Gasteiger partial charge in [-0.1, -0.05) is 19.9 Å². The van der Waals surface area contributed by atoms with E-state index in [1.807, 2.05) is 13.0 Å². The quantitative estimate of drug-likeness (QED) is 0.719. The molecule has 5 nitrogen and oxygen atoms in total. The van der Waals surface area contributed by atoms with Gasteiger partial charge >= 0.3 is 11.9 Å². The zero-order valence-electron chi connectivity index (χ0n) is 16.1. The van der Waals surface area contributed by atoms with Crippen molar-refractivity contribution < 1.29 is 23.9 Å². The molecule has 0 aromatic heterocycles. The molecule has 0 aromatic carbocycles. The first-order valence-electron chi connectivity index (χ1n) is 9.42. The zero-order valence-corrected chi connectivity index (χ0v) is 16.1. The molecule has 3 aliphatic rings. The van der Waals surface area contributed by atoms with Crippen LogP contribution in [0.4, 0.5) is 0 Å². The second kappa shape index (κ2) is 6.67. The molecule has 1 fully saturated rings. The van der Waals surface area contributed by atoms with Gasteiger partial charge in [0.2, 0.25) is 0 Å². The van der Waals surface area contributed by atoms with E-state index in [4.69, 9.17) is 9.47 Å². The predicted octanol–water partition coefficient (Wildman–Crippen LogP) is 3.38. The van der Waals surface area contributed by atoms with Crippen LogP contribution in [0.5, 0.6) is 0 Å². The second-order valence-electron chi connectivity index (χ2n) is 8.39. The van der Waals surface area contributed by atoms with Crippen LogP contribution in [0.15, 0.2) is 23.3 Å². The number of esters is 2. The van der Waals surface area contributed by atoms with E-state index in [1.54, 1.807) is 6.08 Å². The minimum absolute atomic E-state index is 0.0870. The van der Waals surface area contributed by atoms with Crippen molar-refractivity contribution in [3.8, 4) is 0 Å². The number of ether oxygens (including phenoxy) is 2. The van der Waals surface area contributed by atoms with Crippen molar-refractivity contribution in [1.29, 1.82) is 0 Å². The van der Waals surface area contributed by atoms with Gasteiger partial charge in [0.05, 0.1) is 12.5 Å². The number of hydrogen-bond acceptors (Lipinski definition) is 5. The Balaban J connectivity index is 1.92. The molecule has 2 aliphatic carbocycles. The van der Waals surface area contributed by atoms with Crippen LogP contribution in [0.3, 0.4) is 0 Å². The smallest absolute Gasteiger partial charge is 0.334 e. The molecule has 5 heteroatoms. The van der Waals surface area contributed by atoms with Crippen molar-refractivity contribution in [2.75, 3.05) is 13.7 Å². The van der Waals surface area contributed by atoms with Crippen LogP contribution in [0.1, 0.15) is 52.9 Å². The number of methoxy groups -OCH3 is 1. The number of allylic oxidation sites excluding steroid dienone is 1. The lowest BCUT2D eigenvalue weighted by molar-refractivity contribution is -0.152.